The number of amides is 3. The highest BCUT2D eigenvalue weighted by Crippen LogP contribution is 2.31. The molecule has 0 unspecified atom stereocenters. The number of nitrogens with zero attached hydrogens (tertiary/aromatic N) is 2. The molecule has 2 fully saturated rings. The van der Waals surface area contributed by atoms with Gasteiger partial charge in [0, 0.05) is 0 Å². The molecule has 11 heteroatoms. The third kappa shape index (κ3) is 5.64. The summed E-state index contributed by atoms with van der Waals surface area (Å²) in [6.45, 7) is 2.32. The lowest BCUT2D eigenvalue weighted by Crippen LogP contribution is -2.27. The summed E-state index contributed by atoms with van der Waals surface area (Å²) < 4.78 is 45.0. The third-order valence-corrected chi connectivity index (χ3v) is 7.22. The molecule has 1 aliphatic carbocycles. The quantitative estimate of drug-likeness (QED) is 0.520. The van der Waals surface area contributed by atoms with E-state index in [0.717, 1.165) is 12.8 Å². The minimum absolute atomic E-state index is 0.0486. The Hall–Kier alpha value is -2.95. The molecule has 1 aliphatic heterocycles. The predicted octanol–water partition coefficient (Wildman–Crippen LogP) is 2.11. The molecule has 0 radical (unpaired) electrons. The average Bonchev–Trinajstić information content (AvgIpc) is 3.36. The number of H-pyrrole nitrogens is 1. The highest BCUT2D eigenvalue weighted by Gasteiger charge is 2.27. The number of nitrogens with one attached hydrogen (secondary N) is 2. The molecule has 1 atom stereocenters. The van der Waals surface area contributed by atoms with Crippen LogP contribution >= 0.6 is 0 Å². The Morgan fingerprint density at radius 1 is 1.28 bits per heavy atom. The van der Waals surface area contributed by atoms with Crippen molar-refractivity contribution in [2.24, 2.45) is 5.92 Å². The van der Waals surface area contributed by atoms with Crippen molar-refractivity contribution >= 4 is 21.8 Å². The van der Waals surface area contributed by atoms with E-state index < -0.39 is 21.7 Å². The first kappa shape index (κ1) is 22.3. The van der Waals surface area contributed by atoms with E-state index in [2.05, 4.69) is 15.5 Å². The number of benzene rings is 1. The van der Waals surface area contributed by atoms with Crippen LogP contribution in [0.15, 0.2) is 24.3 Å². The van der Waals surface area contributed by atoms with Crippen molar-refractivity contribution in [3.8, 4) is 5.75 Å². The van der Waals surface area contributed by atoms with E-state index in [9.17, 15) is 22.4 Å². The maximum atomic E-state index is 14.0. The molecule has 1 saturated carbocycles. The summed E-state index contributed by atoms with van der Waals surface area (Å²) in [4.78, 5) is 24.2. The Labute approximate surface area is 185 Å². The van der Waals surface area contributed by atoms with Gasteiger partial charge in [-0.2, -0.15) is 5.10 Å². The van der Waals surface area contributed by atoms with Crippen molar-refractivity contribution in [2.45, 2.75) is 38.0 Å². The number of hydrogen-bond donors (Lipinski definition) is 2. The van der Waals surface area contributed by atoms with E-state index in [1.807, 2.05) is 0 Å². The van der Waals surface area contributed by atoms with E-state index in [1.165, 1.54) is 11.0 Å². The summed E-state index contributed by atoms with van der Waals surface area (Å²) in [5.41, 5.74) is 1.54. The van der Waals surface area contributed by atoms with Crippen molar-refractivity contribution in [2.75, 3.05) is 18.9 Å². The van der Waals surface area contributed by atoms with Gasteiger partial charge < -0.3 is 9.64 Å². The van der Waals surface area contributed by atoms with Crippen LogP contribution in [0.4, 0.5) is 9.18 Å². The van der Waals surface area contributed by atoms with Crippen molar-refractivity contribution in [1.29, 1.82) is 0 Å². The van der Waals surface area contributed by atoms with Gasteiger partial charge in [0.1, 0.15) is 6.54 Å². The highest BCUT2D eigenvalue weighted by atomic mass is 32.2. The maximum absolute atomic E-state index is 14.0. The lowest BCUT2D eigenvalue weighted by molar-refractivity contribution is -0.118. The summed E-state index contributed by atoms with van der Waals surface area (Å²) in [6, 6.07) is 5.54. The van der Waals surface area contributed by atoms with Crippen molar-refractivity contribution < 1.29 is 27.1 Å². The van der Waals surface area contributed by atoms with Crippen LogP contribution in [0, 0.1) is 11.7 Å². The standard InChI is InChI=1S/C21H25FN4O5S/c1-13(15-4-5-18(22)19(6-15)31-10-14-2-3-14)11-32(29,30)12-17-7-16(24-25-17)8-26-9-20(27)23-21(26)28/h4-7,13-14H,2-3,8-12H2,1H3,(H,24,25)(H,23,27,28)/t13-/m0/s1. The van der Waals surface area contributed by atoms with Gasteiger partial charge in [0.15, 0.2) is 21.4 Å². The summed E-state index contributed by atoms with van der Waals surface area (Å²) in [5, 5.41) is 8.91. The molecule has 32 heavy (non-hydrogen) atoms. The summed E-state index contributed by atoms with van der Waals surface area (Å²) in [5.74, 6) is -0.969. The minimum atomic E-state index is -3.52. The lowest BCUT2D eigenvalue weighted by Gasteiger charge is -2.14. The zero-order valence-electron chi connectivity index (χ0n) is 17.6. The average molecular weight is 465 g/mol. The zero-order valence-corrected chi connectivity index (χ0v) is 18.5. The van der Waals surface area contributed by atoms with Crippen molar-refractivity contribution in [3.63, 3.8) is 0 Å². The Balaban J connectivity index is 1.36. The summed E-state index contributed by atoms with van der Waals surface area (Å²) >= 11 is 0. The molecular weight excluding hydrogens is 439 g/mol. The molecule has 9 nitrogen and oxygen atoms in total. The predicted molar refractivity (Wildman–Crippen MR) is 113 cm³/mol. The topological polar surface area (TPSA) is 121 Å². The molecule has 2 heterocycles. The van der Waals surface area contributed by atoms with Crippen molar-refractivity contribution in [3.05, 3.63) is 47.0 Å². The molecule has 0 bridgehead atoms. The van der Waals surface area contributed by atoms with Crippen molar-refractivity contribution in [1.82, 2.24) is 20.4 Å². The Bertz CT molecular complexity index is 1130. The summed E-state index contributed by atoms with van der Waals surface area (Å²) in [6.07, 6.45) is 2.18. The second kappa shape index (κ2) is 8.89. The van der Waals surface area contributed by atoms with E-state index in [0.29, 0.717) is 29.5 Å². The first-order valence-corrected chi connectivity index (χ1v) is 12.3. The van der Waals surface area contributed by atoms with Gasteiger partial charge >= 0.3 is 6.03 Å². The number of rotatable bonds is 10. The smallest absolute Gasteiger partial charge is 0.324 e. The molecule has 2 N–H and O–H groups in total. The van der Waals surface area contributed by atoms with Crippen LogP contribution in [-0.2, 0) is 26.9 Å². The fraction of sp³-hybridized carbons (Fsp3) is 0.476. The Morgan fingerprint density at radius 3 is 2.75 bits per heavy atom. The minimum Gasteiger partial charge on any atom is -0.490 e. The highest BCUT2D eigenvalue weighted by molar-refractivity contribution is 7.90. The number of sulfone groups is 1. The van der Waals surface area contributed by atoms with Gasteiger partial charge in [0.05, 0.1) is 36.0 Å². The SMILES string of the molecule is C[C@@H](CS(=O)(=O)Cc1cc(CN2CC(=O)NC2=O)[nH]n1)c1ccc(F)c(OCC2CC2)c1. The number of carbonyl (C=O) groups excluding carboxylic acids is 2. The normalized spacial score (nSPS) is 17.5. The van der Waals surface area contributed by atoms with E-state index in [1.54, 1.807) is 25.1 Å². The van der Waals surface area contributed by atoms with Crippen LogP contribution < -0.4 is 10.1 Å². The molecule has 2 aromatic rings. The van der Waals surface area contributed by atoms with Gasteiger partial charge in [-0.05, 0) is 48.4 Å². The molecule has 2 aliphatic rings. The fourth-order valence-corrected chi connectivity index (χ4v) is 5.24. The van der Waals surface area contributed by atoms with Crippen LogP contribution in [0.2, 0.25) is 0 Å². The first-order chi connectivity index (χ1) is 15.2. The van der Waals surface area contributed by atoms with Gasteiger partial charge in [-0.3, -0.25) is 15.2 Å². The second-order valence-electron chi connectivity index (χ2n) is 8.49. The van der Waals surface area contributed by atoms with Crippen LogP contribution in [-0.4, -0.2) is 54.4 Å². The molecule has 172 valence electrons. The number of aromatic nitrogens is 2. The number of ether oxygens (including phenoxy) is 1. The lowest BCUT2D eigenvalue weighted by atomic mass is 10.0. The molecule has 1 saturated heterocycles. The van der Waals surface area contributed by atoms with Gasteiger partial charge in [0.2, 0.25) is 5.91 Å². The number of halogens is 1. The fourth-order valence-electron chi connectivity index (χ4n) is 3.57. The van der Waals surface area contributed by atoms with Crippen LogP contribution in [0.1, 0.15) is 42.6 Å². The number of carbonyl (C=O) groups is 2. The number of hydrogen-bond acceptors (Lipinski definition) is 6. The van der Waals surface area contributed by atoms with Crippen LogP contribution in [0.25, 0.3) is 0 Å². The Morgan fingerprint density at radius 2 is 2.06 bits per heavy atom. The monoisotopic (exact) mass is 464 g/mol. The third-order valence-electron chi connectivity index (χ3n) is 5.48. The van der Waals surface area contributed by atoms with Gasteiger partial charge in [-0.1, -0.05) is 13.0 Å². The number of imide groups is 1. The molecular formula is C21H25FN4O5S. The van der Waals surface area contributed by atoms with Gasteiger partial charge in [-0.25, -0.2) is 17.6 Å². The molecule has 0 spiro atoms. The van der Waals surface area contributed by atoms with Gasteiger partial charge in [0.25, 0.3) is 0 Å². The second-order valence-corrected chi connectivity index (χ2v) is 10.6. The van der Waals surface area contributed by atoms with E-state index in [4.69, 9.17) is 4.74 Å². The number of aromatic amines is 1. The first-order valence-electron chi connectivity index (χ1n) is 10.4. The zero-order chi connectivity index (χ0) is 22.9. The molecule has 1 aromatic carbocycles. The maximum Gasteiger partial charge on any atom is 0.324 e. The van der Waals surface area contributed by atoms with Crippen LogP contribution in [0.5, 0.6) is 5.75 Å². The summed E-state index contributed by atoms with van der Waals surface area (Å²) in [7, 11) is -3.52. The Kier molecular flexibility index (Phi) is 6.18. The van der Waals surface area contributed by atoms with Crippen LogP contribution in [0.3, 0.4) is 0 Å². The van der Waals surface area contributed by atoms with E-state index in [-0.39, 0.29) is 42.2 Å². The molecule has 1 aromatic heterocycles. The molecule has 4 rings (SSSR count). The van der Waals surface area contributed by atoms with E-state index >= 15 is 0 Å². The number of urea groups is 1. The molecule has 3 amide bonds. The van der Waals surface area contributed by atoms with Gasteiger partial charge in [-0.15, -0.1) is 0 Å². The largest absolute Gasteiger partial charge is 0.490 e.